The van der Waals surface area contributed by atoms with Crippen LogP contribution in [0.15, 0.2) is 0 Å². The van der Waals surface area contributed by atoms with Gasteiger partial charge in [-0.2, -0.15) is 13.5 Å². The maximum atomic E-state index is 5.77. The topological polar surface area (TPSA) is 23.9 Å². The maximum absolute atomic E-state index is 5.77. The summed E-state index contributed by atoms with van der Waals surface area (Å²) in [6.07, 6.45) is 0. The van der Waals surface area contributed by atoms with Gasteiger partial charge in [0, 0.05) is 0 Å². The largest absolute Gasteiger partial charge is 0.248 e. The number of hydrogen-bond donors (Lipinski definition) is 1. The van der Waals surface area contributed by atoms with E-state index in [1.807, 2.05) is 0 Å². The van der Waals surface area contributed by atoms with E-state index in [0.29, 0.717) is 0 Å². The van der Waals surface area contributed by atoms with Gasteiger partial charge in [-0.05, 0) is 12.2 Å². The third-order valence-corrected chi connectivity index (χ3v) is 0. The highest BCUT2D eigenvalue weighted by molar-refractivity contribution is 7.78. The highest BCUT2D eigenvalue weighted by Crippen LogP contribution is 1.16. The summed E-state index contributed by atoms with van der Waals surface area (Å²) in [6.45, 7) is 0. The summed E-state index contributed by atoms with van der Waals surface area (Å²) >= 11 is 3.81. The van der Waals surface area contributed by atoms with Gasteiger partial charge >= 0.3 is 0 Å². The van der Waals surface area contributed by atoms with Crippen molar-refractivity contribution in [3.05, 3.63) is 0 Å². The lowest BCUT2D eigenvalue weighted by molar-refractivity contribution is 1.61. The number of thiocarbonyl (C=S) groups is 1. The molecule has 0 spiro atoms. The normalized spacial score (nSPS) is 2.00. The van der Waals surface area contributed by atoms with E-state index in [1.54, 1.807) is 5.16 Å². The standard InChI is InChI=1S/CHNS.H2S/c2-1-3;/h2H;1H2. The lowest BCUT2D eigenvalue weighted by Gasteiger charge is -1.05. The summed E-state index contributed by atoms with van der Waals surface area (Å²) < 4.78 is 0. The lowest BCUT2D eigenvalue weighted by atomic mass is 11.8. The first kappa shape index (κ1) is 8.91. The molecule has 0 aromatic rings. The van der Waals surface area contributed by atoms with Gasteiger partial charge in [-0.3, -0.25) is 0 Å². The fourth-order valence-electron chi connectivity index (χ4n) is 0. The third kappa shape index (κ3) is 126. The molecule has 1 nitrogen and oxygen atoms in total. The minimum atomic E-state index is 0. The van der Waals surface area contributed by atoms with Crippen LogP contribution in [0.3, 0.4) is 0 Å². The molecule has 0 bridgehead atoms. The molecule has 24 valence electrons. The van der Waals surface area contributed by atoms with E-state index in [9.17, 15) is 0 Å². The zero-order valence-corrected chi connectivity index (χ0v) is 3.72. The summed E-state index contributed by atoms with van der Waals surface area (Å²) in [4.78, 5) is 0. The van der Waals surface area contributed by atoms with E-state index in [1.165, 1.54) is 0 Å². The second-order valence-electron chi connectivity index (χ2n) is 0.102. The smallest absolute Gasteiger partial charge is 0.0554 e. The Morgan fingerprint density at radius 3 is 1.75 bits per heavy atom. The van der Waals surface area contributed by atoms with Gasteiger partial charge in [-0.15, -0.1) is 0 Å². The van der Waals surface area contributed by atoms with Crippen molar-refractivity contribution in [1.82, 2.24) is 0 Å². The molecule has 0 aromatic carbocycles. The van der Waals surface area contributed by atoms with Crippen molar-refractivity contribution in [2.45, 2.75) is 0 Å². The molecule has 0 aliphatic rings. The maximum Gasteiger partial charge on any atom is 0.0554 e. The zero-order chi connectivity index (χ0) is 2.71. The summed E-state index contributed by atoms with van der Waals surface area (Å²) in [5.41, 5.74) is 0. The Bertz CT molecular complexity index is 27.0. The van der Waals surface area contributed by atoms with Gasteiger partial charge in [0.05, 0.1) is 5.16 Å². The highest BCUT2D eigenvalue weighted by atomic mass is 32.1. The summed E-state index contributed by atoms with van der Waals surface area (Å²) in [5, 5.41) is 7.36. The second-order valence-corrected chi connectivity index (χ2v) is 0.306. The fraction of sp³-hybridized carbons (Fsp3) is 0. The highest BCUT2D eigenvalue weighted by Gasteiger charge is 0.975. The molecule has 0 amide bonds. The first-order valence-corrected chi connectivity index (χ1v) is 0.862. The molecular formula is CH3NS2. The molecular weight excluding hydrogens is 90.2 g/mol. The third-order valence-electron chi connectivity index (χ3n) is 0. The Morgan fingerprint density at radius 1 is 1.75 bits per heavy atom. The Hall–Kier alpha value is 0.150. The molecule has 0 radical (unpaired) electrons. The average Bonchev–Trinajstić information content (AvgIpc) is 0.918. The van der Waals surface area contributed by atoms with Crippen molar-refractivity contribution in [3.8, 4) is 0 Å². The molecule has 0 aromatic heterocycles. The van der Waals surface area contributed by atoms with Crippen LogP contribution < -0.4 is 0 Å². The van der Waals surface area contributed by atoms with Crippen LogP contribution in [-0.4, -0.2) is 5.16 Å². The van der Waals surface area contributed by atoms with Crippen molar-refractivity contribution in [2.24, 2.45) is 0 Å². The molecule has 0 saturated heterocycles. The predicted molar refractivity (Wildman–Crippen MR) is 25.7 cm³/mol. The molecule has 3 heteroatoms. The summed E-state index contributed by atoms with van der Waals surface area (Å²) in [7, 11) is 0. The van der Waals surface area contributed by atoms with E-state index in [2.05, 4.69) is 12.2 Å². The Kier molecular flexibility index (Phi) is 24.5. The van der Waals surface area contributed by atoms with E-state index >= 15 is 0 Å². The van der Waals surface area contributed by atoms with Crippen LogP contribution in [0.25, 0.3) is 0 Å². The van der Waals surface area contributed by atoms with Crippen molar-refractivity contribution in [2.75, 3.05) is 0 Å². The van der Waals surface area contributed by atoms with Gasteiger partial charge < -0.3 is 0 Å². The first-order chi connectivity index (χ1) is 1.41. The molecule has 0 aliphatic carbocycles. The molecule has 4 heavy (non-hydrogen) atoms. The SMILES string of the molecule is N=C=S.S. The van der Waals surface area contributed by atoms with Gasteiger partial charge in [0.2, 0.25) is 0 Å². The predicted octanol–water partition coefficient (Wildman–Crippen LogP) is 0.781. The van der Waals surface area contributed by atoms with Crippen molar-refractivity contribution in [1.29, 1.82) is 5.41 Å². The van der Waals surface area contributed by atoms with E-state index in [4.69, 9.17) is 5.41 Å². The van der Waals surface area contributed by atoms with Gasteiger partial charge in [0.15, 0.2) is 0 Å². The van der Waals surface area contributed by atoms with E-state index in [0.717, 1.165) is 0 Å². The molecule has 0 atom stereocenters. The molecule has 0 saturated carbocycles. The Balaban J connectivity index is 0. The minimum Gasteiger partial charge on any atom is -0.248 e. The summed E-state index contributed by atoms with van der Waals surface area (Å²) in [6, 6.07) is 0. The van der Waals surface area contributed by atoms with E-state index in [-0.39, 0.29) is 13.5 Å². The van der Waals surface area contributed by atoms with Crippen LogP contribution in [0.4, 0.5) is 0 Å². The molecule has 1 N–H and O–H groups in total. The second kappa shape index (κ2) is 11.0. The van der Waals surface area contributed by atoms with Gasteiger partial charge in [-0.25, -0.2) is 5.41 Å². The Labute approximate surface area is 37.0 Å². The van der Waals surface area contributed by atoms with Crippen LogP contribution in [0.1, 0.15) is 0 Å². The van der Waals surface area contributed by atoms with Gasteiger partial charge in [0.25, 0.3) is 0 Å². The monoisotopic (exact) mass is 93.0 g/mol. The number of hydrogen-bond acceptors (Lipinski definition) is 2. The van der Waals surface area contributed by atoms with Crippen LogP contribution in [0.2, 0.25) is 0 Å². The summed E-state index contributed by atoms with van der Waals surface area (Å²) in [5.74, 6) is 0. The van der Waals surface area contributed by atoms with Crippen LogP contribution in [0.5, 0.6) is 0 Å². The van der Waals surface area contributed by atoms with Crippen molar-refractivity contribution < 1.29 is 0 Å². The van der Waals surface area contributed by atoms with Gasteiger partial charge in [0.1, 0.15) is 0 Å². The quantitative estimate of drug-likeness (QED) is 0.347. The lowest BCUT2D eigenvalue weighted by Crippen LogP contribution is -1.03. The zero-order valence-electron chi connectivity index (χ0n) is 1.91. The minimum absolute atomic E-state index is 0. The number of nitrogens with one attached hydrogen (secondary N) is 1. The molecule has 0 unspecified atom stereocenters. The van der Waals surface area contributed by atoms with Crippen molar-refractivity contribution in [3.63, 3.8) is 0 Å². The average molecular weight is 93.2 g/mol. The van der Waals surface area contributed by atoms with Crippen LogP contribution in [0, 0.1) is 5.41 Å². The number of isothiocyanates is 1. The molecule has 0 heterocycles. The first-order valence-electron chi connectivity index (χ1n) is 0.454. The van der Waals surface area contributed by atoms with Crippen LogP contribution >= 0.6 is 25.7 Å². The Morgan fingerprint density at radius 2 is 1.75 bits per heavy atom. The van der Waals surface area contributed by atoms with Crippen molar-refractivity contribution >= 4 is 30.9 Å². The van der Waals surface area contributed by atoms with Crippen LogP contribution in [-0.2, 0) is 0 Å². The molecule has 0 rings (SSSR count). The fourth-order valence-corrected chi connectivity index (χ4v) is 0. The molecule has 0 fully saturated rings. The van der Waals surface area contributed by atoms with Gasteiger partial charge in [-0.1, -0.05) is 0 Å². The molecule has 0 aliphatic heterocycles. The van der Waals surface area contributed by atoms with E-state index < -0.39 is 0 Å². The number of rotatable bonds is 0.